The van der Waals surface area contributed by atoms with Crippen LogP contribution < -0.4 is 0 Å². The molecule has 2 rings (SSSR count). The van der Waals surface area contributed by atoms with Gasteiger partial charge in [-0.1, -0.05) is 29.3 Å². The molecule has 1 aromatic heterocycles. The van der Waals surface area contributed by atoms with Gasteiger partial charge in [0.2, 0.25) is 0 Å². The maximum absolute atomic E-state index is 5.77. The molecule has 0 N–H and O–H groups in total. The Morgan fingerprint density at radius 2 is 2.33 bits per heavy atom. The number of thioether (sulfide) groups is 1. The van der Waals surface area contributed by atoms with E-state index in [4.69, 9.17) is 11.6 Å². The summed E-state index contributed by atoms with van der Waals surface area (Å²) in [4.78, 5) is 5.49. The number of nitrogens with zero attached hydrogens (tertiary/aromatic N) is 1. The normalized spacial score (nSPS) is 10.5. The lowest BCUT2D eigenvalue weighted by molar-refractivity contribution is 1.23. The Kier molecular flexibility index (Phi) is 3.67. The van der Waals surface area contributed by atoms with Gasteiger partial charge in [0.15, 0.2) is 4.47 Å². The van der Waals surface area contributed by atoms with Crippen LogP contribution >= 0.6 is 34.7 Å². The zero-order valence-corrected chi connectivity index (χ0v) is 10.6. The van der Waals surface area contributed by atoms with Gasteiger partial charge in [-0.2, -0.15) is 0 Å². The van der Waals surface area contributed by atoms with E-state index in [1.54, 1.807) is 11.8 Å². The van der Waals surface area contributed by atoms with Crippen molar-refractivity contribution in [1.82, 2.24) is 4.98 Å². The molecule has 1 aromatic carbocycles. The van der Waals surface area contributed by atoms with E-state index in [-0.39, 0.29) is 0 Å². The van der Waals surface area contributed by atoms with Crippen LogP contribution in [0.3, 0.4) is 0 Å². The predicted molar refractivity (Wildman–Crippen MR) is 67.9 cm³/mol. The number of aromatic nitrogens is 1. The number of hydrogen-bond acceptors (Lipinski definition) is 3. The third-order valence-corrected chi connectivity index (χ3v) is 3.95. The maximum atomic E-state index is 5.77. The summed E-state index contributed by atoms with van der Waals surface area (Å²) in [7, 11) is 0. The molecular formula is C11H10ClNS2. The van der Waals surface area contributed by atoms with Gasteiger partial charge in [-0.05, 0) is 19.1 Å². The van der Waals surface area contributed by atoms with Gasteiger partial charge in [0, 0.05) is 16.0 Å². The molecular weight excluding hydrogens is 246 g/mol. The number of benzene rings is 1. The highest BCUT2D eigenvalue weighted by atomic mass is 35.5. The van der Waals surface area contributed by atoms with Crippen LogP contribution in [-0.4, -0.2) is 4.98 Å². The quantitative estimate of drug-likeness (QED) is 0.754. The fourth-order valence-electron chi connectivity index (χ4n) is 1.21. The topological polar surface area (TPSA) is 12.9 Å². The van der Waals surface area contributed by atoms with Crippen molar-refractivity contribution < 1.29 is 0 Å². The Hall–Kier alpha value is -0.510. The van der Waals surface area contributed by atoms with E-state index < -0.39 is 0 Å². The van der Waals surface area contributed by atoms with Crippen LogP contribution in [0.4, 0.5) is 0 Å². The SMILES string of the molecule is Cc1cccc(SCc2csc(Cl)n2)c1. The lowest BCUT2D eigenvalue weighted by Gasteiger charge is -2.00. The first-order chi connectivity index (χ1) is 7.24. The van der Waals surface area contributed by atoms with Crippen molar-refractivity contribution in [2.75, 3.05) is 0 Å². The van der Waals surface area contributed by atoms with E-state index in [0.717, 1.165) is 11.4 Å². The van der Waals surface area contributed by atoms with Crippen molar-refractivity contribution in [3.63, 3.8) is 0 Å². The number of thiazole rings is 1. The van der Waals surface area contributed by atoms with Gasteiger partial charge in [-0.15, -0.1) is 23.1 Å². The van der Waals surface area contributed by atoms with Crippen molar-refractivity contribution in [3.05, 3.63) is 45.4 Å². The van der Waals surface area contributed by atoms with Gasteiger partial charge in [0.05, 0.1) is 5.69 Å². The van der Waals surface area contributed by atoms with Crippen LogP contribution in [-0.2, 0) is 5.75 Å². The molecule has 0 aliphatic heterocycles. The standard InChI is InChI=1S/C11H10ClNS2/c1-8-3-2-4-10(5-8)14-6-9-7-15-11(12)13-9/h2-5,7H,6H2,1H3. The molecule has 0 bridgehead atoms. The summed E-state index contributed by atoms with van der Waals surface area (Å²) in [5.74, 6) is 0.882. The van der Waals surface area contributed by atoms with Crippen LogP contribution in [0.2, 0.25) is 4.47 Å². The second-order valence-electron chi connectivity index (χ2n) is 3.20. The Labute approximate surface area is 103 Å². The minimum absolute atomic E-state index is 0.620. The Bertz CT molecular complexity index is 453. The van der Waals surface area contributed by atoms with Gasteiger partial charge in [0.1, 0.15) is 0 Å². The molecule has 78 valence electrons. The van der Waals surface area contributed by atoms with E-state index in [2.05, 4.69) is 36.2 Å². The fourth-order valence-corrected chi connectivity index (χ4v) is 3.00. The van der Waals surface area contributed by atoms with Crippen molar-refractivity contribution >= 4 is 34.7 Å². The van der Waals surface area contributed by atoms with Gasteiger partial charge in [-0.3, -0.25) is 0 Å². The second-order valence-corrected chi connectivity index (χ2v) is 5.69. The van der Waals surface area contributed by atoms with Gasteiger partial charge in [-0.25, -0.2) is 4.98 Å². The van der Waals surface area contributed by atoms with Crippen molar-refractivity contribution in [1.29, 1.82) is 0 Å². The van der Waals surface area contributed by atoms with Gasteiger partial charge in [0.25, 0.3) is 0 Å². The molecule has 1 heterocycles. The summed E-state index contributed by atoms with van der Waals surface area (Å²) in [6.07, 6.45) is 0. The van der Waals surface area contributed by atoms with Gasteiger partial charge >= 0.3 is 0 Å². The zero-order chi connectivity index (χ0) is 10.7. The van der Waals surface area contributed by atoms with Crippen LogP contribution in [0, 0.1) is 6.92 Å². The second kappa shape index (κ2) is 5.01. The van der Waals surface area contributed by atoms with Crippen LogP contribution in [0.5, 0.6) is 0 Å². The van der Waals surface area contributed by atoms with Crippen LogP contribution in [0.25, 0.3) is 0 Å². The maximum Gasteiger partial charge on any atom is 0.183 e. The van der Waals surface area contributed by atoms with Crippen molar-refractivity contribution in [3.8, 4) is 0 Å². The van der Waals surface area contributed by atoms with Gasteiger partial charge < -0.3 is 0 Å². The average Bonchev–Trinajstić information content (AvgIpc) is 2.62. The first-order valence-corrected chi connectivity index (χ1v) is 6.78. The smallest absolute Gasteiger partial charge is 0.183 e. The minimum atomic E-state index is 0.620. The summed E-state index contributed by atoms with van der Waals surface area (Å²) < 4.78 is 0.620. The summed E-state index contributed by atoms with van der Waals surface area (Å²) in [6, 6.07) is 8.47. The zero-order valence-electron chi connectivity index (χ0n) is 8.24. The molecule has 1 nitrogen and oxygen atoms in total. The first-order valence-electron chi connectivity index (χ1n) is 4.53. The highest BCUT2D eigenvalue weighted by molar-refractivity contribution is 7.98. The third-order valence-electron chi connectivity index (χ3n) is 1.90. The molecule has 0 unspecified atom stereocenters. The number of halogens is 1. The molecule has 0 atom stereocenters. The lowest BCUT2D eigenvalue weighted by Crippen LogP contribution is -1.80. The average molecular weight is 256 g/mol. The molecule has 0 amide bonds. The molecule has 0 spiro atoms. The number of rotatable bonds is 3. The van der Waals surface area contributed by atoms with Crippen LogP contribution in [0.1, 0.15) is 11.3 Å². The molecule has 0 saturated carbocycles. The molecule has 0 saturated heterocycles. The highest BCUT2D eigenvalue weighted by Crippen LogP contribution is 2.25. The number of hydrogen-bond donors (Lipinski definition) is 0. The lowest BCUT2D eigenvalue weighted by atomic mass is 10.2. The van der Waals surface area contributed by atoms with E-state index in [9.17, 15) is 0 Å². The summed E-state index contributed by atoms with van der Waals surface area (Å²) in [5.41, 5.74) is 2.34. The number of aryl methyl sites for hydroxylation is 1. The molecule has 0 aliphatic carbocycles. The summed E-state index contributed by atoms with van der Waals surface area (Å²) in [5, 5.41) is 2.01. The third kappa shape index (κ3) is 3.23. The molecule has 4 heteroatoms. The van der Waals surface area contributed by atoms with Crippen molar-refractivity contribution in [2.45, 2.75) is 17.6 Å². The highest BCUT2D eigenvalue weighted by Gasteiger charge is 2.00. The van der Waals surface area contributed by atoms with Crippen LogP contribution in [0.15, 0.2) is 34.5 Å². The Morgan fingerprint density at radius 1 is 1.47 bits per heavy atom. The summed E-state index contributed by atoms with van der Waals surface area (Å²) >= 11 is 9.04. The predicted octanol–water partition coefficient (Wildman–Crippen LogP) is 4.40. The summed E-state index contributed by atoms with van der Waals surface area (Å²) in [6.45, 7) is 2.10. The molecule has 0 aliphatic rings. The minimum Gasteiger partial charge on any atom is -0.229 e. The van der Waals surface area contributed by atoms with E-state index in [1.807, 2.05) is 5.38 Å². The molecule has 0 fully saturated rings. The Morgan fingerprint density at radius 3 is 3.00 bits per heavy atom. The fraction of sp³-hybridized carbons (Fsp3) is 0.182. The van der Waals surface area contributed by atoms with E-state index in [1.165, 1.54) is 21.8 Å². The van der Waals surface area contributed by atoms with E-state index >= 15 is 0 Å². The largest absolute Gasteiger partial charge is 0.229 e. The Balaban J connectivity index is 1.99. The molecule has 2 aromatic rings. The first kappa shape index (κ1) is 11.0. The molecule has 15 heavy (non-hydrogen) atoms. The van der Waals surface area contributed by atoms with E-state index in [0.29, 0.717) is 4.47 Å². The van der Waals surface area contributed by atoms with Crippen molar-refractivity contribution in [2.24, 2.45) is 0 Å². The molecule has 0 radical (unpaired) electrons. The monoisotopic (exact) mass is 255 g/mol.